The van der Waals surface area contributed by atoms with Crippen LogP contribution in [0.4, 0.5) is 11.4 Å². The van der Waals surface area contributed by atoms with Gasteiger partial charge in [-0.15, -0.1) is 12.4 Å². The molecule has 1 heterocycles. The number of amides is 2. The van der Waals surface area contributed by atoms with Crippen molar-refractivity contribution in [2.24, 2.45) is 0 Å². The highest BCUT2D eigenvalue weighted by molar-refractivity contribution is 6.04. The van der Waals surface area contributed by atoms with E-state index in [0.717, 1.165) is 0 Å². The fourth-order valence-electron chi connectivity index (χ4n) is 1.54. The smallest absolute Gasteiger partial charge is 0.257 e. The predicted molar refractivity (Wildman–Crippen MR) is 80.2 cm³/mol. The molecule has 0 saturated heterocycles. The molecule has 0 aliphatic rings. The molecule has 0 fully saturated rings. The van der Waals surface area contributed by atoms with Crippen LogP contribution < -0.4 is 10.6 Å². The third-order valence-corrected chi connectivity index (χ3v) is 2.39. The van der Waals surface area contributed by atoms with Gasteiger partial charge in [-0.25, -0.2) is 0 Å². The zero-order chi connectivity index (χ0) is 13.7. The van der Waals surface area contributed by atoms with E-state index in [4.69, 9.17) is 0 Å². The average molecular weight is 292 g/mol. The SMILES string of the molecule is CC(=O)Nc1ccc(NC(=O)c2cccnc2)cc1.Cl. The van der Waals surface area contributed by atoms with Crippen LogP contribution in [0.25, 0.3) is 0 Å². The van der Waals surface area contributed by atoms with Gasteiger partial charge < -0.3 is 10.6 Å². The van der Waals surface area contributed by atoms with Gasteiger partial charge in [-0.2, -0.15) is 0 Å². The Morgan fingerprint density at radius 1 is 1.00 bits per heavy atom. The Balaban J connectivity index is 0.00000200. The van der Waals surface area contributed by atoms with Crippen molar-refractivity contribution in [1.29, 1.82) is 0 Å². The number of aromatic nitrogens is 1. The Morgan fingerprint density at radius 3 is 2.10 bits per heavy atom. The van der Waals surface area contributed by atoms with Crippen LogP contribution in [0.3, 0.4) is 0 Å². The molecule has 2 N–H and O–H groups in total. The van der Waals surface area contributed by atoms with Crippen LogP contribution in [0.1, 0.15) is 17.3 Å². The Hall–Kier alpha value is -2.40. The number of carbonyl (C=O) groups is 2. The number of carbonyl (C=O) groups excluding carboxylic acids is 2. The van der Waals surface area contributed by atoms with Crippen molar-refractivity contribution in [2.45, 2.75) is 6.92 Å². The molecular formula is C14H14ClN3O2. The highest BCUT2D eigenvalue weighted by atomic mass is 35.5. The first-order valence-corrected chi connectivity index (χ1v) is 5.74. The van der Waals surface area contributed by atoms with Crippen molar-refractivity contribution < 1.29 is 9.59 Å². The number of anilines is 2. The number of hydrogen-bond acceptors (Lipinski definition) is 3. The van der Waals surface area contributed by atoms with Crippen molar-refractivity contribution in [2.75, 3.05) is 10.6 Å². The molecule has 1 aromatic heterocycles. The molecule has 0 spiro atoms. The number of rotatable bonds is 3. The number of pyridine rings is 1. The van der Waals surface area contributed by atoms with Crippen molar-refractivity contribution >= 4 is 35.6 Å². The van der Waals surface area contributed by atoms with Gasteiger partial charge >= 0.3 is 0 Å². The standard InChI is InChI=1S/C14H13N3O2.ClH/c1-10(18)16-12-4-6-13(7-5-12)17-14(19)11-3-2-8-15-9-11;/h2-9H,1H3,(H,16,18)(H,17,19);1H. The van der Waals surface area contributed by atoms with Gasteiger partial charge in [0.1, 0.15) is 0 Å². The molecule has 0 bridgehead atoms. The number of nitrogens with one attached hydrogen (secondary N) is 2. The summed E-state index contributed by atoms with van der Waals surface area (Å²) < 4.78 is 0. The van der Waals surface area contributed by atoms with Crippen LogP contribution in [0.15, 0.2) is 48.8 Å². The Morgan fingerprint density at radius 2 is 1.60 bits per heavy atom. The molecule has 0 aliphatic heterocycles. The van der Waals surface area contributed by atoms with E-state index < -0.39 is 0 Å². The van der Waals surface area contributed by atoms with Crippen LogP contribution in [0.2, 0.25) is 0 Å². The van der Waals surface area contributed by atoms with Gasteiger partial charge in [0.05, 0.1) is 5.56 Å². The Kier molecular flexibility index (Phi) is 5.68. The van der Waals surface area contributed by atoms with E-state index in [9.17, 15) is 9.59 Å². The average Bonchev–Trinajstić information content (AvgIpc) is 2.41. The molecule has 0 radical (unpaired) electrons. The highest BCUT2D eigenvalue weighted by Gasteiger charge is 2.05. The summed E-state index contributed by atoms with van der Waals surface area (Å²) in [4.78, 5) is 26.6. The van der Waals surface area contributed by atoms with Crippen LogP contribution in [-0.2, 0) is 4.79 Å². The summed E-state index contributed by atoms with van der Waals surface area (Å²) in [5, 5.41) is 5.40. The lowest BCUT2D eigenvalue weighted by molar-refractivity contribution is -0.114. The first-order valence-electron chi connectivity index (χ1n) is 5.74. The molecule has 2 amide bonds. The first kappa shape index (κ1) is 15.7. The summed E-state index contributed by atoms with van der Waals surface area (Å²) in [7, 11) is 0. The van der Waals surface area contributed by atoms with Gasteiger partial charge in [0.2, 0.25) is 5.91 Å². The lowest BCUT2D eigenvalue weighted by Crippen LogP contribution is -2.12. The van der Waals surface area contributed by atoms with E-state index in [1.54, 1.807) is 42.6 Å². The van der Waals surface area contributed by atoms with Gasteiger partial charge in [-0.3, -0.25) is 14.6 Å². The third-order valence-electron chi connectivity index (χ3n) is 2.39. The van der Waals surface area contributed by atoms with Crippen molar-refractivity contribution in [3.8, 4) is 0 Å². The maximum Gasteiger partial charge on any atom is 0.257 e. The number of nitrogens with zero attached hydrogens (tertiary/aromatic N) is 1. The fourth-order valence-corrected chi connectivity index (χ4v) is 1.54. The van der Waals surface area contributed by atoms with E-state index >= 15 is 0 Å². The molecule has 1 aromatic carbocycles. The number of hydrogen-bond donors (Lipinski definition) is 2. The second-order valence-electron chi connectivity index (χ2n) is 3.95. The lowest BCUT2D eigenvalue weighted by Gasteiger charge is -2.06. The Bertz CT molecular complexity index is 585. The van der Waals surface area contributed by atoms with Crippen molar-refractivity contribution in [1.82, 2.24) is 4.98 Å². The highest BCUT2D eigenvalue weighted by Crippen LogP contribution is 2.14. The molecule has 0 unspecified atom stereocenters. The molecule has 0 atom stereocenters. The summed E-state index contributed by atoms with van der Waals surface area (Å²) in [6.45, 7) is 1.44. The normalized spacial score (nSPS) is 9.25. The van der Waals surface area contributed by atoms with Crippen LogP contribution in [-0.4, -0.2) is 16.8 Å². The fraction of sp³-hybridized carbons (Fsp3) is 0.0714. The second-order valence-corrected chi connectivity index (χ2v) is 3.95. The topological polar surface area (TPSA) is 71.1 Å². The maximum atomic E-state index is 11.9. The molecule has 2 aromatic rings. The van der Waals surface area contributed by atoms with Gasteiger partial charge in [-0.05, 0) is 36.4 Å². The quantitative estimate of drug-likeness (QED) is 0.913. The van der Waals surface area contributed by atoms with E-state index in [1.165, 1.54) is 13.1 Å². The molecule has 5 nitrogen and oxygen atoms in total. The second kappa shape index (κ2) is 7.25. The molecule has 6 heteroatoms. The van der Waals surface area contributed by atoms with E-state index in [1.807, 2.05) is 0 Å². The molecule has 104 valence electrons. The Labute approximate surface area is 122 Å². The monoisotopic (exact) mass is 291 g/mol. The van der Waals surface area contributed by atoms with Gasteiger partial charge in [0.15, 0.2) is 0 Å². The third kappa shape index (κ3) is 4.37. The van der Waals surface area contributed by atoms with Gasteiger partial charge in [-0.1, -0.05) is 0 Å². The maximum absolute atomic E-state index is 11.9. The minimum absolute atomic E-state index is 0. The summed E-state index contributed by atoms with van der Waals surface area (Å²) in [5.41, 5.74) is 1.84. The summed E-state index contributed by atoms with van der Waals surface area (Å²) >= 11 is 0. The molecule has 2 rings (SSSR count). The van der Waals surface area contributed by atoms with E-state index in [-0.39, 0.29) is 24.2 Å². The minimum Gasteiger partial charge on any atom is -0.326 e. The zero-order valence-corrected chi connectivity index (χ0v) is 11.6. The van der Waals surface area contributed by atoms with E-state index in [0.29, 0.717) is 16.9 Å². The van der Waals surface area contributed by atoms with E-state index in [2.05, 4.69) is 15.6 Å². The number of benzene rings is 1. The molecular weight excluding hydrogens is 278 g/mol. The van der Waals surface area contributed by atoms with Crippen molar-refractivity contribution in [3.05, 3.63) is 54.4 Å². The van der Waals surface area contributed by atoms with Crippen LogP contribution in [0, 0.1) is 0 Å². The lowest BCUT2D eigenvalue weighted by atomic mass is 10.2. The number of halogens is 1. The molecule has 0 saturated carbocycles. The zero-order valence-electron chi connectivity index (χ0n) is 10.8. The minimum atomic E-state index is -0.222. The van der Waals surface area contributed by atoms with Gasteiger partial charge in [0.25, 0.3) is 5.91 Å². The summed E-state index contributed by atoms with van der Waals surface area (Å²) in [6.07, 6.45) is 3.11. The van der Waals surface area contributed by atoms with Crippen LogP contribution in [0.5, 0.6) is 0 Å². The molecule has 0 aliphatic carbocycles. The predicted octanol–water partition coefficient (Wildman–Crippen LogP) is 2.71. The van der Waals surface area contributed by atoms with Crippen LogP contribution >= 0.6 is 12.4 Å². The molecule has 20 heavy (non-hydrogen) atoms. The summed E-state index contributed by atoms with van der Waals surface area (Å²) in [5.74, 6) is -0.354. The first-order chi connectivity index (χ1) is 9.15. The van der Waals surface area contributed by atoms with Crippen molar-refractivity contribution in [3.63, 3.8) is 0 Å². The van der Waals surface area contributed by atoms with Gasteiger partial charge in [0, 0.05) is 30.7 Å². The summed E-state index contributed by atoms with van der Waals surface area (Å²) in [6, 6.07) is 10.3. The largest absolute Gasteiger partial charge is 0.326 e.